The number of para-hydroxylation sites is 1. The van der Waals surface area contributed by atoms with Gasteiger partial charge in [-0.15, -0.1) is 0 Å². The van der Waals surface area contributed by atoms with E-state index in [1.165, 1.54) is 0 Å². The molecular formula is C7H11NS. The molecule has 2 N–H and O–H groups in total. The Balaban J connectivity index is 0.000000640. The lowest BCUT2D eigenvalue weighted by atomic mass is 10.2. The smallest absolute Gasteiger partial charge is 0.0343 e. The van der Waals surface area contributed by atoms with Crippen LogP contribution in [0.5, 0.6) is 0 Å². The standard InChI is InChI=1S/C7H9N.H2S/c1-6-4-2-3-5-7(6)8;/h2-5H,8H2,1H3;1H2. The molecule has 0 amide bonds. The third kappa shape index (κ3) is 1.98. The molecule has 0 unspecified atom stereocenters. The van der Waals surface area contributed by atoms with E-state index in [0.29, 0.717) is 0 Å². The average Bonchev–Trinajstić information content (AvgIpc) is 1.77. The molecule has 1 aromatic rings. The SMILES string of the molecule is Cc1ccccc1N.S. The summed E-state index contributed by atoms with van der Waals surface area (Å²) in [5, 5.41) is 0. The van der Waals surface area contributed by atoms with Crippen LogP contribution in [0.1, 0.15) is 5.56 Å². The molecule has 0 spiro atoms. The zero-order valence-corrected chi connectivity index (χ0v) is 6.39. The van der Waals surface area contributed by atoms with Crippen LogP contribution in [0.3, 0.4) is 0 Å². The molecular weight excluding hydrogens is 130 g/mol. The van der Waals surface area contributed by atoms with Gasteiger partial charge in [-0.25, -0.2) is 0 Å². The monoisotopic (exact) mass is 141 g/mol. The number of hydrogen-bond donors (Lipinski definition) is 1. The quantitative estimate of drug-likeness (QED) is 0.547. The maximum Gasteiger partial charge on any atom is 0.0343 e. The van der Waals surface area contributed by atoms with E-state index in [2.05, 4.69) is 0 Å². The number of aryl methyl sites for hydroxylation is 1. The third-order valence-corrected chi connectivity index (χ3v) is 1.19. The van der Waals surface area contributed by atoms with Crippen molar-refractivity contribution in [1.82, 2.24) is 0 Å². The van der Waals surface area contributed by atoms with Crippen molar-refractivity contribution in [2.75, 3.05) is 5.73 Å². The van der Waals surface area contributed by atoms with Crippen LogP contribution in [0.25, 0.3) is 0 Å². The van der Waals surface area contributed by atoms with Crippen LogP contribution in [0.4, 0.5) is 5.69 Å². The van der Waals surface area contributed by atoms with E-state index in [9.17, 15) is 0 Å². The summed E-state index contributed by atoms with van der Waals surface area (Å²) in [6, 6.07) is 7.80. The Bertz CT molecular complexity index is 165. The minimum absolute atomic E-state index is 0. The molecule has 0 fully saturated rings. The van der Waals surface area contributed by atoms with Crippen LogP contribution in [-0.4, -0.2) is 0 Å². The van der Waals surface area contributed by atoms with Crippen LogP contribution >= 0.6 is 13.5 Å². The van der Waals surface area contributed by atoms with Gasteiger partial charge in [-0.3, -0.25) is 0 Å². The van der Waals surface area contributed by atoms with Gasteiger partial charge in [0, 0.05) is 5.69 Å². The van der Waals surface area contributed by atoms with Gasteiger partial charge in [-0.05, 0) is 18.6 Å². The molecule has 0 aliphatic rings. The van der Waals surface area contributed by atoms with Gasteiger partial charge in [0.25, 0.3) is 0 Å². The van der Waals surface area contributed by atoms with Crippen molar-refractivity contribution in [3.63, 3.8) is 0 Å². The van der Waals surface area contributed by atoms with Crippen molar-refractivity contribution in [2.24, 2.45) is 0 Å². The molecule has 50 valence electrons. The summed E-state index contributed by atoms with van der Waals surface area (Å²) < 4.78 is 0. The zero-order valence-electron chi connectivity index (χ0n) is 5.39. The minimum Gasteiger partial charge on any atom is -0.399 e. The number of rotatable bonds is 0. The molecule has 0 bridgehead atoms. The van der Waals surface area contributed by atoms with E-state index in [0.717, 1.165) is 11.3 Å². The highest BCUT2D eigenvalue weighted by Crippen LogP contribution is 2.06. The van der Waals surface area contributed by atoms with E-state index in [1.807, 2.05) is 31.2 Å². The van der Waals surface area contributed by atoms with Crippen LogP contribution in [0, 0.1) is 6.92 Å². The summed E-state index contributed by atoms with van der Waals surface area (Å²) in [7, 11) is 0. The minimum atomic E-state index is 0. The molecule has 0 radical (unpaired) electrons. The average molecular weight is 141 g/mol. The molecule has 1 rings (SSSR count). The zero-order chi connectivity index (χ0) is 5.98. The molecule has 0 saturated heterocycles. The number of anilines is 1. The lowest BCUT2D eigenvalue weighted by molar-refractivity contribution is 1.47. The largest absolute Gasteiger partial charge is 0.399 e. The van der Waals surface area contributed by atoms with Crippen molar-refractivity contribution in [2.45, 2.75) is 6.92 Å². The summed E-state index contributed by atoms with van der Waals surface area (Å²) in [6.07, 6.45) is 0. The first-order valence-electron chi connectivity index (χ1n) is 2.62. The maximum absolute atomic E-state index is 5.52. The van der Waals surface area contributed by atoms with Crippen LogP contribution in [0.15, 0.2) is 24.3 Å². The van der Waals surface area contributed by atoms with Gasteiger partial charge in [0.15, 0.2) is 0 Å². The second kappa shape index (κ2) is 3.41. The highest BCUT2D eigenvalue weighted by molar-refractivity contribution is 7.59. The second-order valence-electron chi connectivity index (χ2n) is 1.86. The Labute approximate surface area is 62.3 Å². The third-order valence-electron chi connectivity index (χ3n) is 1.19. The summed E-state index contributed by atoms with van der Waals surface area (Å²) >= 11 is 0. The van der Waals surface area contributed by atoms with Crippen LogP contribution < -0.4 is 5.73 Å². The van der Waals surface area contributed by atoms with E-state index >= 15 is 0 Å². The predicted molar refractivity (Wildman–Crippen MR) is 46.0 cm³/mol. The Morgan fingerprint density at radius 3 is 2.11 bits per heavy atom. The molecule has 0 saturated carbocycles. The maximum atomic E-state index is 5.52. The number of benzene rings is 1. The first-order valence-corrected chi connectivity index (χ1v) is 2.62. The van der Waals surface area contributed by atoms with Gasteiger partial charge in [0.1, 0.15) is 0 Å². The fourth-order valence-corrected chi connectivity index (χ4v) is 0.587. The predicted octanol–water partition coefficient (Wildman–Crippen LogP) is 1.69. The van der Waals surface area contributed by atoms with Crippen molar-refractivity contribution in [3.05, 3.63) is 29.8 Å². The van der Waals surface area contributed by atoms with Gasteiger partial charge in [-0.1, -0.05) is 18.2 Å². The Morgan fingerprint density at radius 1 is 1.22 bits per heavy atom. The number of nitrogens with two attached hydrogens (primary N) is 1. The summed E-state index contributed by atoms with van der Waals surface area (Å²) in [5.74, 6) is 0. The van der Waals surface area contributed by atoms with E-state index in [1.54, 1.807) is 0 Å². The lowest BCUT2D eigenvalue weighted by Crippen LogP contribution is -1.85. The first kappa shape index (κ1) is 8.37. The summed E-state index contributed by atoms with van der Waals surface area (Å²) in [6.45, 7) is 2.00. The van der Waals surface area contributed by atoms with Crippen LogP contribution in [-0.2, 0) is 0 Å². The highest BCUT2D eigenvalue weighted by Gasteiger charge is 1.84. The normalized spacial score (nSPS) is 8.11. The van der Waals surface area contributed by atoms with Crippen molar-refractivity contribution in [3.8, 4) is 0 Å². The van der Waals surface area contributed by atoms with Gasteiger partial charge < -0.3 is 5.73 Å². The Hall–Kier alpha value is -0.630. The summed E-state index contributed by atoms with van der Waals surface area (Å²) in [4.78, 5) is 0. The molecule has 0 aromatic heterocycles. The number of hydrogen-bond acceptors (Lipinski definition) is 1. The number of nitrogen functional groups attached to an aromatic ring is 1. The van der Waals surface area contributed by atoms with E-state index in [-0.39, 0.29) is 13.5 Å². The summed E-state index contributed by atoms with van der Waals surface area (Å²) in [5.41, 5.74) is 7.53. The Kier molecular flexibility index (Phi) is 3.17. The van der Waals surface area contributed by atoms with Crippen molar-refractivity contribution >= 4 is 19.2 Å². The van der Waals surface area contributed by atoms with Gasteiger partial charge in [0.05, 0.1) is 0 Å². The van der Waals surface area contributed by atoms with Gasteiger partial charge in [0.2, 0.25) is 0 Å². The fraction of sp³-hybridized carbons (Fsp3) is 0.143. The van der Waals surface area contributed by atoms with Crippen molar-refractivity contribution in [1.29, 1.82) is 0 Å². The topological polar surface area (TPSA) is 26.0 Å². The molecule has 2 heteroatoms. The Morgan fingerprint density at radius 2 is 1.78 bits per heavy atom. The van der Waals surface area contributed by atoms with Gasteiger partial charge >= 0.3 is 0 Å². The molecule has 0 aliphatic carbocycles. The first-order chi connectivity index (χ1) is 3.80. The molecule has 0 heterocycles. The lowest BCUT2D eigenvalue weighted by Gasteiger charge is -1.93. The van der Waals surface area contributed by atoms with Crippen LogP contribution in [0.2, 0.25) is 0 Å². The molecule has 0 aliphatic heterocycles. The van der Waals surface area contributed by atoms with E-state index < -0.39 is 0 Å². The highest BCUT2D eigenvalue weighted by atomic mass is 32.1. The van der Waals surface area contributed by atoms with E-state index in [4.69, 9.17) is 5.73 Å². The van der Waals surface area contributed by atoms with Crippen molar-refractivity contribution < 1.29 is 0 Å². The molecule has 1 aromatic carbocycles. The molecule has 9 heavy (non-hydrogen) atoms. The second-order valence-corrected chi connectivity index (χ2v) is 1.86. The fourth-order valence-electron chi connectivity index (χ4n) is 0.587. The molecule has 0 atom stereocenters. The van der Waals surface area contributed by atoms with Gasteiger partial charge in [-0.2, -0.15) is 13.5 Å². The molecule has 1 nitrogen and oxygen atoms in total.